The molecule has 0 amide bonds. The highest BCUT2D eigenvalue weighted by atomic mass is 32.1. The monoisotopic (exact) mass is 277 g/mol. The van der Waals surface area contributed by atoms with Crippen LogP contribution in [0.1, 0.15) is 48.5 Å². The van der Waals surface area contributed by atoms with Crippen LogP contribution >= 0.6 is 19.5 Å². The molecule has 102 valence electrons. The molecule has 0 aliphatic rings. The maximum atomic E-state index is 5.70. The molecule has 0 rings (SSSR count). The van der Waals surface area contributed by atoms with E-state index in [-0.39, 0.29) is 0 Å². The molecule has 0 heterocycles. The van der Waals surface area contributed by atoms with Gasteiger partial charge in [-0.3, -0.25) is 5.43 Å². The van der Waals surface area contributed by atoms with Crippen LogP contribution in [0.3, 0.4) is 0 Å². The maximum Gasteiger partial charge on any atom is 0.235 e. The van der Waals surface area contributed by atoms with Gasteiger partial charge in [-0.15, -0.1) is 0 Å². The molecule has 0 fully saturated rings. The van der Waals surface area contributed by atoms with Crippen molar-refractivity contribution in [3.8, 4) is 0 Å². The largest absolute Gasteiger partial charge is 0.280 e. The van der Waals surface area contributed by atoms with Crippen LogP contribution in [0.4, 0.5) is 0 Å². The second kappa shape index (κ2) is 7.66. The topological polar surface area (TPSA) is 15.3 Å². The zero-order valence-corrected chi connectivity index (χ0v) is 14.3. The van der Waals surface area contributed by atoms with Gasteiger partial charge in [0.25, 0.3) is 0 Å². The van der Waals surface area contributed by atoms with E-state index in [1.54, 1.807) is 0 Å². The Morgan fingerprint density at radius 2 is 1.35 bits per heavy atom. The Labute approximate surface area is 114 Å². The van der Waals surface area contributed by atoms with Crippen LogP contribution in [0.15, 0.2) is 0 Å². The Morgan fingerprint density at radius 1 is 1.00 bits per heavy atom. The molecule has 0 aromatic heterocycles. The SMILES string of the molecule is CC[P+](CC)(CC)C(=S)NN(C(C)C)C(C)C. The second-order valence-electron chi connectivity index (χ2n) is 5.11. The normalized spacial score (nSPS) is 12.6. The van der Waals surface area contributed by atoms with Gasteiger partial charge in [0.1, 0.15) is 0 Å². The third-order valence-electron chi connectivity index (χ3n) is 3.58. The lowest BCUT2D eigenvalue weighted by atomic mass is 10.3. The first-order valence-electron chi connectivity index (χ1n) is 6.80. The lowest BCUT2D eigenvalue weighted by Crippen LogP contribution is -2.50. The zero-order chi connectivity index (χ0) is 13.6. The van der Waals surface area contributed by atoms with Gasteiger partial charge in [0.05, 0.1) is 25.7 Å². The highest BCUT2D eigenvalue weighted by Crippen LogP contribution is 2.58. The highest BCUT2D eigenvalue weighted by Gasteiger charge is 2.38. The number of thiocarbonyl (C=S) groups is 1. The smallest absolute Gasteiger partial charge is 0.235 e. The number of nitrogens with zero attached hydrogens (tertiary/aromatic N) is 1. The molecule has 17 heavy (non-hydrogen) atoms. The Bertz CT molecular complexity index is 221. The van der Waals surface area contributed by atoms with E-state index in [1.165, 1.54) is 18.5 Å². The molecule has 0 spiro atoms. The van der Waals surface area contributed by atoms with Gasteiger partial charge in [-0.25, -0.2) is 5.01 Å². The summed E-state index contributed by atoms with van der Waals surface area (Å²) in [5.74, 6) is 0. The van der Waals surface area contributed by atoms with Crippen LogP contribution in [0.5, 0.6) is 0 Å². The minimum Gasteiger partial charge on any atom is -0.280 e. The van der Waals surface area contributed by atoms with Gasteiger partial charge in [-0.05, 0) is 60.7 Å². The van der Waals surface area contributed by atoms with E-state index in [9.17, 15) is 0 Å². The fourth-order valence-corrected chi connectivity index (χ4v) is 5.97. The molecule has 0 unspecified atom stereocenters. The van der Waals surface area contributed by atoms with Crippen LogP contribution in [0.25, 0.3) is 0 Å². The summed E-state index contributed by atoms with van der Waals surface area (Å²) >= 11 is 5.70. The third kappa shape index (κ3) is 4.46. The summed E-state index contributed by atoms with van der Waals surface area (Å²) in [6.45, 7) is 15.7. The van der Waals surface area contributed by atoms with Crippen molar-refractivity contribution in [1.29, 1.82) is 0 Å². The molecular formula is C13H30N2PS+. The Balaban J connectivity index is 4.80. The third-order valence-corrected chi connectivity index (χ3v) is 9.43. The molecule has 1 N–H and O–H groups in total. The summed E-state index contributed by atoms with van der Waals surface area (Å²) in [5, 5.41) is 2.28. The number of rotatable bonds is 7. The second-order valence-corrected chi connectivity index (χ2v) is 10.5. The van der Waals surface area contributed by atoms with Crippen molar-refractivity contribution >= 4 is 24.2 Å². The average Bonchev–Trinajstić information content (AvgIpc) is 2.28. The van der Waals surface area contributed by atoms with Crippen molar-refractivity contribution in [3.05, 3.63) is 0 Å². The molecule has 0 radical (unpaired) electrons. The Kier molecular flexibility index (Phi) is 7.78. The summed E-state index contributed by atoms with van der Waals surface area (Å²) in [5.41, 5.74) is 3.52. The average molecular weight is 277 g/mol. The lowest BCUT2D eigenvalue weighted by Gasteiger charge is -2.34. The van der Waals surface area contributed by atoms with Crippen molar-refractivity contribution < 1.29 is 0 Å². The van der Waals surface area contributed by atoms with Gasteiger partial charge < -0.3 is 0 Å². The molecule has 0 atom stereocenters. The minimum atomic E-state index is -1.08. The van der Waals surface area contributed by atoms with Gasteiger partial charge in [0.15, 0.2) is 0 Å². The van der Waals surface area contributed by atoms with Gasteiger partial charge in [0.2, 0.25) is 4.73 Å². The molecule has 4 heteroatoms. The summed E-state index contributed by atoms with van der Waals surface area (Å²) in [4.78, 5) is 0. The van der Waals surface area contributed by atoms with Crippen LogP contribution < -0.4 is 5.43 Å². The van der Waals surface area contributed by atoms with Gasteiger partial charge in [-0.2, -0.15) is 0 Å². The van der Waals surface area contributed by atoms with Crippen molar-refractivity contribution in [3.63, 3.8) is 0 Å². The Morgan fingerprint density at radius 3 is 1.59 bits per heavy atom. The predicted molar refractivity (Wildman–Crippen MR) is 86.4 cm³/mol. The molecule has 0 saturated heterocycles. The van der Waals surface area contributed by atoms with Gasteiger partial charge in [-0.1, -0.05) is 0 Å². The zero-order valence-electron chi connectivity index (χ0n) is 12.6. The van der Waals surface area contributed by atoms with E-state index in [4.69, 9.17) is 12.2 Å². The fourth-order valence-electron chi connectivity index (χ4n) is 2.17. The fraction of sp³-hybridized carbons (Fsp3) is 0.923. The van der Waals surface area contributed by atoms with Crippen LogP contribution in [-0.2, 0) is 0 Å². The first-order valence-corrected chi connectivity index (χ1v) is 9.55. The number of hydrazine groups is 1. The number of nitrogens with one attached hydrogen (secondary N) is 1. The van der Waals surface area contributed by atoms with E-state index in [1.807, 2.05) is 0 Å². The van der Waals surface area contributed by atoms with E-state index in [2.05, 4.69) is 58.9 Å². The number of hydrogen-bond donors (Lipinski definition) is 1. The molecule has 0 aliphatic heterocycles. The van der Waals surface area contributed by atoms with Gasteiger partial charge in [0, 0.05) is 12.1 Å². The van der Waals surface area contributed by atoms with E-state index in [0.717, 1.165) is 4.73 Å². The number of hydrogen-bond acceptors (Lipinski definition) is 2. The van der Waals surface area contributed by atoms with Crippen molar-refractivity contribution in [1.82, 2.24) is 10.4 Å². The summed E-state index contributed by atoms with van der Waals surface area (Å²) < 4.78 is 1.12. The molecule has 2 nitrogen and oxygen atoms in total. The minimum absolute atomic E-state index is 0.473. The summed E-state index contributed by atoms with van der Waals surface area (Å²) in [7, 11) is -1.08. The van der Waals surface area contributed by atoms with E-state index >= 15 is 0 Å². The molecule has 0 bridgehead atoms. The molecule has 0 saturated carbocycles. The molecular weight excluding hydrogens is 247 g/mol. The molecule has 0 aromatic carbocycles. The van der Waals surface area contributed by atoms with Crippen molar-refractivity contribution in [2.45, 2.75) is 60.5 Å². The van der Waals surface area contributed by atoms with Crippen LogP contribution in [-0.4, -0.2) is 40.3 Å². The quantitative estimate of drug-likeness (QED) is 0.430. The standard InChI is InChI=1S/C13H29N2PS/c1-8-16(9-2,10-3)13(17)14-15(11(4)5)12(6)7/h11-12H,8-10H2,1-7H3/p+1. The highest BCUT2D eigenvalue weighted by molar-refractivity contribution is 8.06. The maximum absolute atomic E-state index is 5.70. The van der Waals surface area contributed by atoms with Crippen LogP contribution in [0, 0.1) is 0 Å². The van der Waals surface area contributed by atoms with Crippen molar-refractivity contribution in [2.24, 2.45) is 0 Å². The first kappa shape index (κ1) is 17.3. The predicted octanol–water partition coefficient (Wildman–Crippen LogP) is 3.97. The summed E-state index contributed by atoms with van der Waals surface area (Å²) in [6.07, 6.45) is 3.65. The van der Waals surface area contributed by atoms with Gasteiger partial charge >= 0.3 is 0 Å². The van der Waals surface area contributed by atoms with E-state index in [0.29, 0.717) is 12.1 Å². The first-order chi connectivity index (χ1) is 7.84. The van der Waals surface area contributed by atoms with Crippen LogP contribution in [0.2, 0.25) is 0 Å². The van der Waals surface area contributed by atoms with Crippen molar-refractivity contribution in [2.75, 3.05) is 18.5 Å². The molecule has 0 aliphatic carbocycles. The lowest BCUT2D eigenvalue weighted by molar-refractivity contribution is 0.142. The summed E-state index contributed by atoms with van der Waals surface area (Å²) in [6, 6.07) is 0.945. The molecule has 0 aromatic rings. The Hall–Kier alpha value is 0.280. The van der Waals surface area contributed by atoms with E-state index < -0.39 is 7.26 Å².